The van der Waals surface area contributed by atoms with E-state index in [4.69, 9.17) is 0 Å². The third-order valence-electron chi connectivity index (χ3n) is 2.48. The number of benzene rings is 1. The lowest BCUT2D eigenvalue weighted by atomic mass is 10.1. The van der Waals surface area contributed by atoms with E-state index in [-0.39, 0.29) is 18.0 Å². The maximum Gasteiger partial charge on any atom is 0.450 e. The highest BCUT2D eigenvalue weighted by atomic mass is 32.2. The van der Waals surface area contributed by atoms with E-state index in [1.165, 1.54) is 12.1 Å². The average Bonchev–Trinajstić information content (AvgIpc) is 2.38. The lowest BCUT2D eigenvalue weighted by molar-refractivity contribution is -0.121. The van der Waals surface area contributed by atoms with Crippen LogP contribution in [0.2, 0.25) is 0 Å². The van der Waals surface area contributed by atoms with Crippen LogP contribution < -0.4 is 16.2 Å². The highest BCUT2D eigenvalue weighted by Crippen LogP contribution is 2.31. The molecule has 0 aromatic heterocycles. The van der Waals surface area contributed by atoms with Gasteiger partial charge < -0.3 is 5.32 Å². The minimum atomic E-state index is -4.61. The maximum absolute atomic E-state index is 12.0. The van der Waals surface area contributed by atoms with Gasteiger partial charge in [-0.2, -0.15) is 13.2 Å². The van der Waals surface area contributed by atoms with E-state index in [1.54, 1.807) is 18.2 Å². The summed E-state index contributed by atoms with van der Waals surface area (Å²) in [6.45, 7) is 0. The molecule has 1 aromatic carbocycles. The van der Waals surface area contributed by atoms with E-state index < -0.39 is 22.5 Å². The van der Waals surface area contributed by atoms with Crippen LogP contribution in [0.5, 0.6) is 0 Å². The van der Waals surface area contributed by atoms with Gasteiger partial charge in [0.25, 0.3) is 5.24 Å². The Morgan fingerprint density at radius 2 is 1.86 bits per heavy atom. The number of carbonyl (C=O) groups is 2. The second-order valence-corrected chi connectivity index (χ2v) is 5.07. The highest BCUT2D eigenvalue weighted by Gasteiger charge is 2.32. The summed E-state index contributed by atoms with van der Waals surface area (Å²) in [4.78, 5) is 22.1. The Bertz CT molecular complexity index is 584. The van der Waals surface area contributed by atoms with E-state index in [9.17, 15) is 22.8 Å². The first-order chi connectivity index (χ1) is 9.83. The Morgan fingerprint density at radius 1 is 1.19 bits per heavy atom. The number of rotatable bonds is 2. The van der Waals surface area contributed by atoms with Crippen LogP contribution in [0.4, 0.5) is 23.7 Å². The molecule has 1 aromatic rings. The van der Waals surface area contributed by atoms with Crippen molar-refractivity contribution >= 4 is 34.3 Å². The summed E-state index contributed by atoms with van der Waals surface area (Å²) in [5.41, 5.74) is 2.20. The second kappa shape index (κ2) is 6.08. The molecule has 0 bridgehead atoms. The molecule has 1 aliphatic heterocycles. The van der Waals surface area contributed by atoms with Crippen molar-refractivity contribution in [2.45, 2.75) is 11.9 Å². The van der Waals surface area contributed by atoms with Gasteiger partial charge in [-0.15, -0.1) is 0 Å². The molecule has 3 N–H and O–H groups in total. The number of thioether (sulfide) groups is 1. The number of anilines is 1. The van der Waals surface area contributed by atoms with Crippen molar-refractivity contribution in [2.75, 3.05) is 5.32 Å². The fourth-order valence-corrected chi connectivity index (χ4v) is 1.98. The normalized spacial score (nSPS) is 14.8. The first-order valence-electron chi connectivity index (χ1n) is 5.76. The molecular weight excluding hydrogens is 307 g/mol. The van der Waals surface area contributed by atoms with Gasteiger partial charge in [-0.25, -0.2) is 0 Å². The quantitative estimate of drug-likeness (QED) is 0.784. The summed E-state index contributed by atoms with van der Waals surface area (Å²) in [6, 6.07) is 6.18. The largest absolute Gasteiger partial charge is 0.450 e. The summed E-state index contributed by atoms with van der Waals surface area (Å²) in [5.74, 6) is -0.160. The second-order valence-electron chi connectivity index (χ2n) is 4.03. The molecule has 0 radical (unpaired) electrons. The lowest BCUT2D eigenvalue weighted by Crippen LogP contribution is -2.38. The van der Waals surface area contributed by atoms with Crippen LogP contribution in [-0.4, -0.2) is 16.7 Å². The minimum absolute atomic E-state index is 0.160. The minimum Gasteiger partial charge on any atom is -0.317 e. The predicted molar refractivity (Wildman–Crippen MR) is 73.0 cm³/mol. The maximum atomic E-state index is 12.0. The van der Waals surface area contributed by atoms with Gasteiger partial charge in [0.15, 0.2) is 0 Å². The molecule has 0 unspecified atom stereocenters. The zero-order chi connectivity index (χ0) is 15.5. The summed E-state index contributed by atoms with van der Waals surface area (Å²) in [5, 5.41) is 0.933. The molecule has 21 heavy (non-hydrogen) atoms. The van der Waals surface area contributed by atoms with Crippen molar-refractivity contribution in [3.05, 3.63) is 35.9 Å². The third kappa shape index (κ3) is 4.71. The number of halogens is 3. The number of hydrazine groups is 1. The van der Waals surface area contributed by atoms with Crippen LogP contribution >= 0.6 is 11.8 Å². The Balaban J connectivity index is 1.99. The van der Waals surface area contributed by atoms with E-state index in [0.29, 0.717) is 5.70 Å². The standard InChI is InChI=1S/C12H10F3N3O2S/c13-12(14,15)21-11(20)16-8-3-1-7(2-4-8)9-5-6-10(19)18-17-9/h1-5,17H,6H2,(H,16,20)(H,18,19). The molecule has 0 fully saturated rings. The number of nitrogens with one attached hydrogen (secondary N) is 3. The Labute approximate surface area is 121 Å². The molecule has 112 valence electrons. The summed E-state index contributed by atoms with van der Waals surface area (Å²) < 4.78 is 36.0. The first-order valence-corrected chi connectivity index (χ1v) is 6.57. The molecule has 0 atom stereocenters. The molecule has 1 aliphatic rings. The molecule has 9 heteroatoms. The molecule has 1 heterocycles. The van der Waals surface area contributed by atoms with Gasteiger partial charge >= 0.3 is 5.51 Å². The zero-order valence-electron chi connectivity index (χ0n) is 10.5. The van der Waals surface area contributed by atoms with Gasteiger partial charge in [-0.3, -0.25) is 20.4 Å². The Kier molecular flexibility index (Phi) is 4.41. The number of carbonyl (C=O) groups excluding carboxylic acids is 2. The molecule has 0 aliphatic carbocycles. The van der Waals surface area contributed by atoms with Crippen molar-refractivity contribution in [2.24, 2.45) is 0 Å². The molecule has 2 rings (SSSR count). The Hall–Kier alpha value is -2.16. The van der Waals surface area contributed by atoms with E-state index in [1.807, 2.05) is 0 Å². The molecule has 2 amide bonds. The van der Waals surface area contributed by atoms with Crippen LogP contribution in [0, 0.1) is 0 Å². The van der Waals surface area contributed by atoms with Crippen molar-refractivity contribution in [3.8, 4) is 0 Å². The van der Waals surface area contributed by atoms with Crippen molar-refractivity contribution in [1.82, 2.24) is 10.9 Å². The van der Waals surface area contributed by atoms with Gasteiger partial charge in [-0.05, 0) is 23.8 Å². The van der Waals surface area contributed by atoms with E-state index in [0.717, 1.165) is 5.56 Å². The van der Waals surface area contributed by atoms with Crippen LogP contribution in [0.15, 0.2) is 30.3 Å². The van der Waals surface area contributed by atoms with Crippen LogP contribution in [-0.2, 0) is 4.79 Å². The van der Waals surface area contributed by atoms with Crippen LogP contribution in [0.1, 0.15) is 12.0 Å². The van der Waals surface area contributed by atoms with Crippen molar-refractivity contribution in [3.63, 3.8) is 0 Å². The first kappa shape index (κ1) is 15.2. The molecule has 0 spiro atoms. The average molecular weight is 317 g/mol. The van der Waals surface area contributed by atoms with Crippen molar-refractivity contribution in [1.29, 1.82) is 0 Å². The fourth-order valence-electron chi connectivity index (χ4n) is 1.61. The van der Waals surface area contributed by atoms with Gasteiger partial charge in [0.2, 0.25) is 5.91 Å². The van der Waals surface area contributed by atoms with Gasteiger partial charge in [-0.1, -0.05) is 12.1 Å². The van der Waals surface area contributed by atoms with E-state index >= 15 is 0 Å². The highest BCUT2D eigenvalue weighted by molar-refractivity contribution is 8.14. The van der Waals surface area contributed by atoms with E-state index in [2.05, 4.69) is 16.2 Å². The fraction of sp³-hybridized carbons (Fsp3) is 0.167. The van der Waals surface area contributed by atoms with Gasteiger partial charge in [0.1, 0.15) is 0 Å². The van der Waals surface area contributed by atoms with Gasteiger partial charge in [0.05, 0.1) is 5.70 Å². The molecule has 0 saturated carbocycles. The molecule has 5 nitrogen and oxygen atoms in total. The van der Waals surface area contributed by atoms with Crippen LogP contribution in [0.3, 0.4) is 0 Å². The number of hydrogen-bond donors (Lipinski definition) is 3. The van der Waals surface area contributed by atoms with Crippen LogP contribution in [0.25, 0.3) is 5.70 Å². The van der Waals surface area contributed by atoms with Crippen molar-refractivity contribution < 1.29 is 22.8 Å². The molecule has 0 saturated heterocycles. The number of amides is 2. The third-order valence-corrected chi connectivity index (χ3v) is 3.00. The lowest BCUT2D eigenvalue weighted by Gasteiger charge is -2.17. The Morgan fingerprint density at radius 3 is 2.38 bits per heavy atom. The zero-order valence-corrected chi connectivity index (χ0v) is 11.3. The van der Waals surface area contributed by atoms with Gasteiger partial charge in [0, 0.05) is 23.9 Å². The summed E-state index contributed by atoms with van der Waals surface area (Å²) >= 11 is -0.737. The summed E-state index contributed by atoms with van der Waals surface area (Å²) in [6.07, 6.45) is 1.93. The monoisotopic (exact) mass is 317 g/mol. The number of alkyl halides is 3. The topological polar surface area (TPSA) is 70.2 Å². The molecular formula is C12H10F3N3O2S. The summed E-state index contributed by atoms with van der Waals surface area (Å²) in [7, 11) is 0. The predicted octanol–water partition coefficient (Wildman–Crippen LogP) is 2.84. The number of hydrogen-bond acceptors (Lipinski definition) is 4. The smallest absolute Gasteiger partial charge is 0.317 e. The SMILES string of the molecule is O=C1CC=C(c2ccc(NC(=O)SC(F)(F)F)cc2)NN1.